The van der Waals surface area contributed by atoms with E-state index in [4.69, 9.17) is 4.52 Å². The second-order valence-electron chi connectivity index (χ2n) is 6.51. The summed E-state index contributed by atoms with van der Waals surface area (Å²) in [7, 11) is 1.80. The predicted molar refractivity (Wildman–Crippen MR) is 125 cm³/mol. The predicted octanol–water partition coefficient (Wildman–Crippen LogP) is 4.13. The lowest BCUT2D eigenvalue weighted by Crippen LogP contribution is -2.37. The van der Waals surface area contributed by atoms with Crippen LogP contribution in [0.1, 0.15) is 37.3 Å². The fourth-order valence-electron chi connectivity index (χ4n) is 3.32. The zero-order valence-corrected chi connectivity index (χ0v) is 19.2. The molecule has 0 radical (unpaired) electrons. The van der Waals surface area contributed by atoms with Gasteiger partial charge in [-0.25, -0.2) is 0 Å². The van der Waals surface area contributed by atoms with Crippen molar-refractivity contribution in [2.24, 2.45) is 4.99 Å². The van der Waals surface area contributed by atoms with Gasteiger partial charge in [0.2, 0.25) is 0 Å². The Kier molecular flexibility index (Phi) is 8.82. The first-order valence-electron chi connectivity index (χ1n) is 9.71. The van der Waals surface area contributed by atoms with Gasteiger partial charge in [-0.15, -0.1) is 24.0 Å². The molecule has 152 valence electrons. The fraction of sp³-hybridized carbons (Fsp3) is 0.429. The van der Waals surface area contributed by atoms with Crippen molar-refractivity contribution in [2.75, 3.05) is 13.6 Å². The Morgan fingerprint density at radius 1 is 1.14 bits per heavy atom. The number of fused-ring (bicyclic) bond motifs is 1. The van der Waals surface area contributed by atoms with Crippen LogP contribution in [0, 0.1) is 0 Å². The number of aliphatic imine (C=N–C) groups is 1. The molecule has 0 saturated heterocycles. The van der Waals surface area contributed by atoms with Crippen LogP contribution < -0.4 is 10.6 Å². The number of aromatic nitrogens is 2. The number of nitrogens with one attached hydrogen (secondary N) is 2. The van der Waals surface area contributed by atoms with Crippen molar-refractivity contribution >= 4 is 40.8 Å². The lowest BCUT2D eigenvalue weighted by atomic mass is 10.1. The molecule has 7 heteroatoms. The molecule has 0 fully saturated rings. The maximum atomic E-state index is 5.42. The lowest BCUT2D eigenvalue weighted by Gasteiger charge is -2.12. The van der Waals surface area contributed by atoms with E-state index in [9.17, 15) is 0 Å². The van der Waals surface area contributed by atoms with E-state index in [1.165, 1.54) is 10.9 Å². The summed E-state index contributed by atoms with van der Waals surface area (Å²) < 4.78 is 7.72. The SMILES string of the molecule is CCc1noc(CC)c1CNC(=NC)NCCCn1ccc2ccccc21.I. The lowest BCUT2D eigenvalue weighted by molar-refractivity contribution is 0.380. The van der Waals surface area contributed by atoms with Crippen LogP contribution in [0.25, 0.3) is 10.9 Å². The third-order valence-electron chi connectivity index (χ3n) is 4.81. The summed E-state index contributed by atoms with van der Waals surface area (Å²) in [6, 6.07) is 10.6. The summed E-state index contributed by atoms with van der Waals surface area (Å²) in [4.78, 5) is 4.32. The van der Waals surface area contributed by atoms with Gasteiger partial charge in [0.1, 0.15) is 5.76 Å². The number of aryl methyl sites for hydroxylation is 3. The van der Waals surface area contributed by atoms with Crippen molar-refractivity contribution in [1.29, 1.82) is 0 Å². The smallest absolute Gasteiger partial charge is 0.191 e. The molecule has 2 N–H and O–H groups in total. The zero-order valence-electron chi connectivity index (χ0n) is 16.9. The van der Waals surface area contributed by atoms with Gasteiger partial charge in [-0.05, 0) is 30.4 Å². The number of halogens is 1. The minimum atomic E-state index is 0. The van der Waals surface area contributed by atoms with Gasteiger partial charge in [0.15, 0.2) is 5.96 Å². The average Bonchev–Trinajstić information content (AvgIpc) is 3.30. The highest BCUT2D eigenvalue weighted by Crippen LogP contribution is 2.16. The van der Waals surface area contributed by atoms with Gasteiger partial charge in [-0.3, -0.25) is 4.99 Å². The van der Waals surface area contributed by atoms with Crippen LogP contribution in [0.15, 0.2) is 46.0 Å². The number of nitrogens with zero attached hydrogens (tertiary/aromatic N) is 3. The molecular weight excluding hydrogens is 465 g/mol. The summed E-state index contributed by atoms with van der Waals surface area (Å²) in [5, 5.41) is 12.2. The van der Waals surface area contributed by atoms with Gasteiger partial charge in [-0.2, -0.15) is 0 Å². The van der Waals surface area contributed by atoms with E-state index in [-0.39, 0.29) is 24.0 Å². The van der Waals surface area contributed by atoms with E-state index >= 15 is 0 Å². The molecule has 2 aromatic heterocycles. The third kappa shape index (κ3) is 5.27. The van der Waals surface area contributed by atoms with Crippen LogP contribution in [-0.4, -0.2) is 29.3 Å². The molecule has 0 saturated carbocycles. The molecule has 6 nitrogen and oxygen atoms in total. The number of hydrogen-bond acceptors (Lipinski definition) is 3. The van der Waals surface area contributed by atoms with E-state index < -0.39 is 0 Å². The molecule has 28 heavy (non-hydrogen) atoms. The molecule has 0 amide bonds. The van der Waals surface area contributed by atoms with Gasteiger partial charge in [-0.1, -0.05) is 37.2 Å². The number of hydrogen-bond donors (Lipinski definition) is 2. The Hall–Kier alpha value is -2.03. The minimum Gasteiger partial charge on any atom is -0.361 e. The van der Waals surface area contributed by atoms with Gasteiger partial charge in [0, 0.05) is 50.4 Å². The van der Waals surface area contributed by atoms with Crippen LogP contribution in [0.5, 0.6) is 0 Å². The first-order valence-corrected chi connectivity index (χ1v) is 9.71. The van der Waals surface area contributed by atoms with Crippen molar-refractivity contribution in [3.8, 4) is 0 Å². The first-order chi connectivity index (χ1) is 13.3. The van der Waals surface area contributed by atoms with Crippen molar-refractivity contribution in [3.63, 3.8) is 0 Å². The summed E-state index contributed by atoms with van der Waals surface area (Å²) in [5.41, 5.74) is 3.46. The van der Waals surface area contributed by atoms with E-state index in [0.717, 1.165) is 55.3 Å². The Labute approximate surface area is 183 Å². The normalized spacial score (nSPS) is 11.5. The highest BCUT2D eigenvalue weighted by molar-refractivity contribution is 14.0. The second kappa shape index (κ2) is 11.1. The van der Waals surface area contributed by atoms with E-state index in [1.807, 2.05) is 0 Å². The second-order valence-corrected chi connectivity index (χ2v) is 6.51. The largest absolute Gasteiger partial charge is 0.361 e. The molecule has 3 rings (SSSR count). The molecular formula is C21H30IN5O. The maximum Gasteiger partial charge on any atom is 0.191 e. The molecule has 0 bridgehead atoms. The van der Waals surface area contributed by atoms with E-state index in [2.05, 4.69) is 75.7 Å². The number of para-hydroxylation sites is 1. The highest BCUT2D eigenvalue weighted by Gasteiger charge is 2.13. The third-order valence-corrected chi connectivity index (χ3v) is 4.81. The Balaban J connectivity index is 0.00000280. The van der Waals surface area contributed by atoms with Crippen LogP contribution in [0.3, 0.4) is 0 Å². The van der Waals surface area contributed by atoms with E-state index in [0.29, 0.717) is 6.54 Å². The van der Waals surface area contributed by atoms with Crippen molar-refractivity contribution in [2.45, 2.75) is 46.2 Å². The monoisotopic (exact) mass is 495 g/mol. The Morgan fingerprint density at radius 2 is 1.96 bits per heavy atom. The van der Waals surface area contributed by atoms with Gasteiger partial charge in [0.25, 0.3) is 0 Å². The van der Waals surface area contributed by atoms with Crippen LogP contribution in [0.4, 0.5) is 0 Å². The first kappa shape index (κ1) is 22.3. The Bertz CT molecular complexity index is 878. The minimum absolute atomic E-state index is 0. The molecule has 0 unspecified atom stereocenters. The topological polar surface area (TPSA) is 67.4 Å². The molecule has 0 atom stereocenters. The quantitative estimate of drug-likeness (QED) is 0.214. The van der Waals surface area contributed by atoms with Crippen molar-refractivity contribution < 1.29 is 4.52 Å². The fourth-order valence-corrected chi connectivity index (χ4v) is 3.32. The highest BCUT2D eigenvalue weighted by atomic mass is 127. The Morgan fingerprint density at radius 3 is 2.71 bits per heavy atom. The molecule has 1 aromatic carbocycles. The van der Waals surface area contributed by atoms with Gasteiger partial charge >= 0.3 is 0 Å². The van der Waals surface area contributed by atoms with E-state index in [1.54, 1.807) is 7.05 Å². The molecule has 2 heterocycles. The van der Waals surface area contributed by atoms with Crippen LogP contribution in [0.2, 0.25) is 0 Å². The summed E-state index contributed by atoms with van der Waals surface area (Å²) >= 11 is 0. The summed E-state index contributed by atoms with van der Waals surface area (Å²) in [6.45, 7) is 6.69. The maximum absolute atomic E-state index is 5.42. The summed E-state index contributed by atoms with van der Waals surface area (Å²) in [5.74, 6) is 1.76. The average molecular weight is 495 g/mol. The number of rotatable bonds is 8. The van der Waals surface area contributed by atoms with Gasteiger partial charge in [0.05, 0.1) is 5.69 Å². The van der Waals surface area contributed by atoms with Crippen LogP contribution >= 0.6 is 24.0 Å². The summed E-state index contributed by atoms with van der Waals surface area (Å²) in [6.07, 6.45) is 4.90. The van der Waals surface area contributed by atoms with Gasteiger partial charge < -0.3 is 19.7 Å². The molecule has 3 aromatic rings. The molecule has 0 aliphatic rings. The number of guanidine groups is 1. The standard InChI is InChI=1S/C21H29N5O.HI/c1-4-18-17(20(5-2)27-25-18)15-24-21(22-3)23-12-8-13-26-14-11-16-9-6-7-10-19(16)26;/h6-7,9-11,14H,4-5,8,12-13,15H2,1-3H3,(H2,22,23,24);1H. The van der Waals surface area contributed by atoms with Crippen molar-refractivity contribution in [1.82, 2.24) is 20.4 Å². The molecule has 0 aliphatic heterocycles. The number of benzene rings is 1. The van der Waals surface area contributed by atoms with Crippen LogP contribution in [-0.2, 0) is 25.9 Å². The zero-order chi connectivity index (χ0) is 19.1. The molecule has 0 aliphatic carbocycles. The van der Waals surface area contributed by atoms with Crippen molar-refractivity contribution in [3.05, 3.63) is 53.5 Å². The molecule has 0 spiro atoms.